The van der Waals surface area contributed by atoms with E-state index in [0.29, 0.717) is 0 Å². The van der Waals surface area contributed by atoms with Crippen LogP contribution in [0.3, 0.4) is 0 Å². The van der Waals surface area contributed by atoms with Crippen molar-refractivity contribution in [1.82, 2.24) is 4.90 Å². The zero-order chi connectivity index (χ0) is 12.5. The molecule has 18 heavy (non-hydrogen) atoms. The van der Waals surface area contributed by atoms with E-state index in [-0.39, 0.29) is 0 Å². The number of nitrogens with one attached hydrogen (secondary N) is 1. The first-order valence-corrected chi connectivity index (χ1v) is 8.34. The standard InChI is InChI=1S/C16H30N2/c1-13-6-5-7-15(10-13)12-18-14(2)11-17-9-4-3-8-16(17)18/h13-16H,3-12H2,1-2H3/p+1. The average Bonchev–Trinajstić information content (AvgIpc) is 2.66. The first-order valence-electron chi connectivity index (χ1n) is 8.34. The largest absolute Gasteiger partial charge is 0.319 e. The summed E-state index contributed by atoms with van der Waals surface area (Å²) < 4.78 is 0. The average molecular weight is 251 g/mol. The van der Waals surface area contributed by atoms with Gasteiger partial charge in [0.1, 0.15) is 6.17 Å². The first-order chi connectivity index (χ1) is 8.74. The number of nitrogens with zero attached hydrogens (tertiary/aromatic N) is 1. The molecule has 3 aliphatic rings. The minimum atomic E-state index is 0.834. The fourth-order valence-corrected chi connectivity index (χ4v) is 4.83. The molecule has 1 N–H and O–H groups in total. The monoisotopic (exact) mass is 251 g/mol. The van der Waals surface area contributed by atoms with Gasteiger partial charge in [-0.3, -0.25) is 0 Å². The number of piperidine rings is 1. The van der Waals surface area contributed by atoms with Gasteiger partial charge in [0.25, 0.3) is 0 Å². The van der Waals surface area contributed by atoms with Gasteiger partial charge in [-0.1, -0.05) is 19.8 Å². The van der Waals surface area contributed by atoms with E-state index in [1.54, 1.807) is 0 Å². The highest BCUT2D eigenvalue weighted by Gasteiger charge is 2.42. The summed E-state index contributed by atoms with van der Waals surface area (Å²) in [6.45, 7) is 9.18. The van der Waals surface area contributed by atoms with Crippen molar-refractivity contribution in [2.45, 2.75) is 71.0 Å². The molecule has 0 radical (unpaired) electrons. The lowest BCUT2D eigenvalue weighted by Crippen LogP contribution is -3.15. The molecule has 5 unspecified atom stereocenters. The van der Waals surface area contributed by atoms with Crippen LogP contribution in [0.15, 0.2) is 0 Å². The summed E-state index contributed by atoms with van der Waals surface area (Å²) in [5.41, 5.74) is 0. The molecule has 2 nitrogen and oxygen atoms in total. The molecule has 2 saturated heterocycles. The lowest BCUT2D eigenvalue weighted by Gasteiger charge is -2.35. The summed E-state index contributed by atoms with van der Waals surface area (Å²) >= 11 is 0. The zero-order valence-corrected chi connectivity index (χ0v) is 12.3. The molecule has 104 valence electrons. The second-order valence-corrected chi connectivity index (χ2v) is 7.31. The van der Waals surface area contributed by atoms with Crippen LogP contribution in [0.25, 0.3) is 0 Å². The highest BCUT2D eigenvalue weighted by molar-refractivity contribution is 4.82. The van der Waals surface area contributed by atoms with Crippen LogP contribution in [0.2, 0.25) is 0 Å². The third-order valence-electron chi connectivity index (χ3n) is 5.73. The Balaban J connectivity index is 1.60. The molecule has 1 aliphatic carbocycles. The van der Waals surface area contributed by atoms with Gasteiger partial charge in [-0.2, -0.15) is 0 Å². The predicted molar refractivity (Wildman–Crippen MR) is 75.6 cm³/mol. The van der Waals surface area contributed by atoms with Gasteiger partial charge in [0.05, 0.1) is 19.1 Å². The number of rotatable bonds is 2. The van der Waals surface area contributed by atoms with E-state index in [2.05, 4.69) is 18.7 Å². The Morgan fingerprint density at radius 1 is 1.06 bits per heavy atom. The van der Waals surface area contributed by atoms with Crippen LogP contribution in [-0.2, 0) is 0 Å². The van der Waals surface area contributed by atoms with Crippen LogP contribution in [0, 0.1) is 11.8 Å². The van der Waals surface area contributed by atoms with Gasteiger partial charge in [0.2, 0.25) is 0 Å². The topological polar surface area (TPSA) is 7.68 Å². The molecule has 3 fully saturated rings. The van der Waals surface area contributed by atoms with E-state index in [0.717, 1.165) is 24.0 Å². The van der Waals surface area contributed by atoms with Crippen LogP contribution >= 0.6 is 0 Å². The van der Waals surface area contributed by atoms with Crippen molar-refractivity contribution in [3.05, 3.63) is 0 Å². The summed E-state index contributed by atoms with van der Waals surface area (Å²) in [4.78, 5) is 4.79. The fraction of sp³-hybridized carbons (Fsp3) is 1.00. The molecule has 0 amide bonds. The number of hydrogen-bond acceptors (Lipinski definition) is 1. The summed E-state index contributed by atoms with van der Waals surface area (Å²) in [5, 5.41) is 0. The maximum atomic E-state index is 2.89. The number of hydrogen-bond donors (Lipinski definition) is 1. The minimum Gasteiger partial charge on any atom is -0.319 e. The molecule has 0 aromatic rings. The minimum absolute atomic E-state index is 0.834. The van der Waals surface area contributed by atoms with Crippen LogP contribution in [0.1, 0.15) is 58.8 Å². The van der Waals surface area contributed by atoms with E-state index < -0.39 is 0 Å². The molecule has 0 aromatic heterocycles. The number of fused-ring (bicyclic) bond motifs is 1. The Hall–Kier alpha value is -0.0800. The Labute approximate surface area is 113 Å². The van der Waals surface area contributed by atoms with Gasteiger partial charge in [-0.25, -0.2) is 4.90 Å². The smallest absolute Gasteiger partial charge is 0.144 e. The van der Waals surface area contributed by atoms with E-state index in [9.17, 15) is 0 Å². The molecule has 2 heteroatoms. The SMILES string of the molecule is CC1CCCC(CN2C(C)C[NH+]3CCCCC23)C1. The lowest BCUT2D eigenvalue weighted by molar-refractivity contribution is -0.924. The van der Waals surface area contributed by atoms with Gasteiger partial charge >= 0.3 is 0 Å². The van der Waals surface area contributed by atoms with Gasteiger partial charge in [0, 0.05) is 13.0 Å². The molecule has 0 aromatic carbocycles. The lowest BCUT2D eigenvalue weighted by atomic mass is 9.82. The Kier molecular flexibility index (Phi) is 3.95. The van der Waals surface area contributed by atoms with Crippen molar-refractivity contribution in [1.29, 1.82) is 0 Å². The van der Waals surface area contributed by atoms with Crippen molar-refractivity contribution in [3.8, 4) is 0 Å². The zero-order valence-electron chi connectivity index (χ0n) is 12.3. The normalized spacial score (nSPS) is 46.0. The number of quaternary nitrogens is 1. The highest BCUT2D eigenvalue weighted by atomic mass is 15.4. The van der Waals surface area contributed by atoms with Crippen LogP contribution in [0.5, 0.6) is 0 Å². The first kappa shape index (κ1) is 12.9. The summed E-state index contributed by atoms with van der Waals surface area (Å²) in [5.74, 6) is 1.98. The molecule has 3 rings (SSSR count). The summed E-state index contributed by atoms with van der Waals surface area (Å²) in [7, 11) is 0. The molecule has 2 aliphatic heterocycles. The van der Waals surface area contributed by atoms with Crippen molar-refractivity contribution < 1.29 is 4.90 Å². The van der Waals surface area contributed by atoms with Gasteiger partial charge in [-0.05, 0) is 44.4 Å². The Bertz CT molecular complexity index is 278. The van der Waals surface area contributed by atoms with Crippen molar-refractivity contribution in [3.63, 3.8) is 0 Å². The van der Waals surface area contributed by atoms with E-state index in [1.807, 2.05) is 4.90 Å². The van der Waals surface area contributed by atoms with Gasteiger partial charge in [-0.15, -0.1) is 0 Å². The molecule has 1 saturated carbocycles. The molecule has 5 atom stereocenters. The van der Waals surface area contributed by atoms with E-state index in [1.165, 1.54) is 64.6 Å². The maximum absolute atomic E-state index is 2.89. The van der Waals surface area contributed by atoms with Gasteiger partial charge < -0.3 is 4.90 Å². The van der Waals surface area contributed by atoms with Crippen LogP contribution < -0.4 is 4.90 Å². The summed E-state index contributed by atoms with van der Waals surface area (Å²) in [6, 6.07) is 0.834. The molecule has 0 bridgehead atoms. The fourth-order valence-electron chi connectivity index (χ4n) is 4.83. The second-order valence-electron chi connectivity index (χ2n) is 7.31. The van der Waals surface area contributed by atoms with Crippen molar-refractivity contribution in [2.75, 3.05) is 19.6 Å². The summed E-state index contributed by atoms with van der Waals surface area (Å²) in [6.07, 6.45) is 11.2. The highest BCUT2D eigenvalue weighted by Crippen LogP contribution is 2.30. The van der Waals surface area contributed by atoms with E-state index in [4.69, 9.17) is 0 Å². The maximum Gasteiger partial charge on any atom is 0.144 e. The quantitative estimate of drug-likeness (QED) is 0.788. The van der Waals surface area contributed by atoms with Crippen molar-refractivity contribution in [2.24, 2.45) is 11.8 Å². The Morgan fingerprint density at radius 3 is 2.78 bits per heavy atom. The van der Waals surface area contributed by atoms with Crippen LogP contribution in [0.4, 0.5) is 0 Å². The molecular formula is C16H31N2+. The van der Waals surface area contributed by atoms with E-state index >= 15 is 0 Å². The van der Waals surface area contributed by atoms with Crippen LogP contribution in [-0.4, -0.2) is 36.7 Å². The molecule has 2 heterocycles. The molecular weight excluding hydrogens is 220 g/mol. The van der Waals surface area contributed by atoms with Gasteiger partial charge in [0.15, 0.2) is 0 Å². The second kappa shape index (κ2) is 5.50. The predicted octanol–water partition coefficient (Wildman–Crippen LogP) is 1.91. The molecule has 0 spiro atoms. The Morgan fingerprint density at radius 2 is 1.94 bits per heavy atom. The third-order valence-corrected chi connectivity index (χ3v) is 5.73. The van der Waals surface area contributed by atoms with Crippen molar-refractivity contribution >= 4 is 0 Å². The third kappa shape index (κ3) is 2.60.